The van der Waals surface area contributed by atoms with Gasteiger partial charge >= 0.3 is 11.9 Å². The van der Waals surface area contributed by atoms with E-state index >= 15 is 0 Å². The summed E-state index contributed by atoms with van der Waals surface area (Å²) in [7, 11) is 0. The first kappa shape index (κ1) is 32.6. The summed E-state index contributed by atoms with van der Waals surface area (Å²) >= 11 is 0. The van der Waals surface area contributed by atoms with Crippen LogP contribution in [-0.2, 0) is 32.1 Å². The molecule has 1 N–H and O–H groups in total. The first-order valence-electron chi connectivity index (χ1n) is 14.6. The maximum absolute atomic E-state index is 12.9. The van der Waals surface area contributed by atoms with Crippen molar-refractivity contribution in [3.63, 3.8) is 0 Å². The second kappa shape index (κ2) is 14.8. The Labute approximate surface area is 251 Å². The van der Waals surface area contributed by atoms with E-state index in [0.717, 1.165) is 56.4 Å². The van der Waals surface area contributed by atoms with Gasteiger partial charge in [0.2, 0.25) is 0 Å². The van der Waals surface area contributed by atoms with Gasteiger partial charge in [-0.15, -0.1) is 0 Å². The Kier molecular flexibility index (Phi) is 11.8. The lowest BCUT2D eigenvalue weighted by Gasteiger charge is -2.32. The SMILES string of the molecule is Cc1cc2c(cc1C)C(OC(=O)CCC(=O)C[C@H](C(=O)O)C(C)C)=C(CC1CCN(Cc3ccccc3)CC1)C2.S. The first-order valence-corrected chi connectivity index (χ1v) is 14.6. The Hall–Kier alpha value is -2.90. The number of ketones is 1. The highest BCUT2D eigenvalue weighted by Gasteiger charge is 2.30. The van der Waals surface area contributed by atoms with Crippen LogP contribution in [0.25, 0.3) is 5.76 Å². The number of allylic oxidation sites excluding steroid dienone is 1. The van der Waals surface area contributed by atoms with Crippen LogP contribution in [0.4, 0.5) is 0 Å². The van der Waals surface area contributed by atoms with E-state index in [2.05, 4.69) is 61.2 Å². The summed E-state index contributed by atoms with van der Waals surface area (Å²) in [4.78, 5) is 39.4. The summed E-state index contributed by atoms with van der Waals surface area (Å²) in [5, 5.41) is 9.39. The molecule has 6 nitrogen and oxygen atoms in total. The van der Waals surface area contributed by atoms with E-state index in [1.807, 2.05) is 0 Å². The van der Waals surface area contributed by atoms with Crippen LogP contribution in [0.5, 0.6) is 0 Å². The highest BCUT2D eigenvalue weighted by molar-refractivity contribution is 7.59. The molecule has 41 heavy (non-hydrogen) atoms. The Morgan fingerprint density at radius 2 is 1.66 bits per heavy atom. The van der Waals surface area contributed by atoms with Crippen molar-refractivity contribution in [3.8, 4) is 0 Å². The van der Waals surface area contributed by atoms with E-state index in [4.69, 9.17) is 4.74 Å². The number of esters is 1. The van der Waals surface area contributed by atoms with Gasteiger partial charge in [-0.25, -0.2) is 0 Å². The van der Waals surface area contributed by atoms with Crippen molar-refractivity contribution < 1.29 is 24.2 Å². The molecule has 1 saturated heterocycles. The van der Waals surface area contributed by atoms with Crippen molar-refractivity contribution in [1.82, 2.24) is 4.90 Å². The molecule has 0 radical (unpaired) electrons. The minimum absolute atomic E-state index is 0. The standard InChI is InChI=1S/C34H43NO5.H2S/c1-22(2)30(34(38)39)20-29(36)10-11-32(37)40-33-28(19-27-16-23(3)24(4)17-31(27)33)18-25-12-14-35(15-13-25)21-26-8-6-5-7-9-26;/h5-9,16-17,22,25,30H,10-15,18-21H2,1-4H3,(H,38,39);1H2/t30-;/m0./s1. The number of hydrogen-bond acceptors (Lipinski definition) is 5. The number of likely N-dealkylation sites (tertiary alicyclic amines) is 1. The van der Waals surface area contributed by atoms with Gasteiger partial charge in [0.05, 0.1) is 12.3 Å². The summed E-state index contributed by atoms with van der Waals surface area (Å²) in [6.07, 6.45) is 3.81. The first-order chi connectivity index (χ1) is 19.1. The molecule has 7 heteroatoms. The van der Waals surface area contributed by atoms with Gasteiger partial charge in [0.1, 0.15) is 11.5 Å². The topological polar surface area (TPSA) is 83.9 Å². The number of nitrogens with zero attached hydrogens (tertiary/aromatic N) is 1. The maximum atomic E-state index is 12.9. The number of fused-ring (bicyclic) bond motifs is 1. The molecule has 0 spiro atoms. The van der Waals surface area contributed by atoms with Crippen molar-refractivity contribution in [2.24, 2.45) is 17.8 Å². The number of Topliss-reactive ketones (excluding diaryl/α,β-unsaturated/α-hetero) is 1. The predicted molar refractivity (Wildman–Crippen MR) is 167 cm³/mol. The molecule has 1 aliphatic carbocycles. The number of aryl methyl sites for hydroxylation is 2. The fraction of sp³-hybridized carbons (Fsp3) is 0.500. The number of carboxylic acid groups (broad SMARTS) is 1. The molecule has 0 unspecified atom stereocenters. The summed E-state index contributed by atoms with van der Waals surface area (Å²) in [6, 6.07) is 14.9. The fourth-order valence-corrected chi connectivity index (χ4v) is 5.93. The molecular weight excluding hydrogens is 534 g/mol. The average Bonchev–Trinajstić information content (AvgIpc) is 3.22. The number of carboxylic acids is 1. The van der Waals surface area contributed by atoms with E-state index in [0.29, 0.717) is 11.7 Å². The van der Waals surface area contributed by atoms with Crippen molar-refractivity contribution in [3.05, 3.63) is 75.9 Å². The third-order valence-electron chi connectivity index (χ3n) is 8.57. The van der Waals surface area contributed by atoms with E-state index in [9.17, 15) is 19.5 Å². The van der Waals surface area contributed by atoms with Crippen molar-refractivity contribution >= 4 is 37.0 Å². The van der Waals surface area contributed by atoms with Crippen molar-refractivity contribution in [2.75, 3.05) is 13.1 Å². The molecule has 222 valence electrons. The van der Waals surface area contributed by atoms with Gasteiger partial charge < -0.3 is 9.84 Å². The number of hydrogen-bond donors (Lipinski definition) is 1. The molecule has 0 aromatic heterocycles. The highest BCUT2D eigenvalue weighted by atomic mass is 32.1. The number of carbonyl (C=O) groups excluding carboxylic acids is 2. The lowest BCUT2D eigenvalue weighted by Crippen LogP contribution is -2.33. The summed E-state index contributed by atoms with van der Waals surface area (Å²) in [5.74, 6) is -1.28. The molecule has 0 amide bonds. The molecule has 0 bridgehead atoms. The normalized spacial score (nSPS) is 16.3. The Morgan fingerprint density at radius 3 is 2.29 bits per heavy atom. The number of ether oxygens (including phenoxy) is 1. The maximum Gasteiger partial charge on any atom is 0.311 e. The van der Waals surface area contributed by atoms with Gasteiger partial charge in [-0.1, -0.05) is 50.2 Å². The molecule has 1 aliphatic heterocycles. The number of benzene rings is 2. The molecule has 1 atom stereocenters. The van der Waals surface area contributed by atoms with E-state index < -0.39 is 17.9 Å². The van der Waals surface area contributed by atoms with Crippen LogP contribution in [0, 0.1) is 31.6 Å². The van der Waals surface area contributed by atoms with Gasteiger partial charge in [0, 0.05) is 24.9 Å². The Balaban J connectivity index is 0.00000462. The van der Waals surface area contributed by atoms with E-state index in [1.54, 1.807) is 13.8 Å². The number of rotatable bonds is 12. The van der Waals surface area contributed by atoms with Crippen LogP contribution >= 0.6 is 13.5 Å². The van der Waals surface area contributed by atoms with Crippen LogP contribution in [0.3, 0.4) is 0 Å². The van der Waals surface area contributed by atoms with Crippen LogP contribution in [0.15, 0.2) is 48.0 Å². The smallest absolute Gasteiger partial charge is 0.311 e. The van der Waals surface area contributed by atoms with E-state index in [1.165, 1.54) is 22.3 Å². The molecular formula is C34H45NO5S. The van der Waals surface area contributed by atoms with Crippen LogP contribution in [0.1, 0.15) is 80.2 Å². The zero-order valence-corrected chi connectivity index (χ0v) is 25.9. The van der Waals surface area contributed by atoms with Crippen molar-refractivity contribution in [2.45, 2.75) is 79.2 Å². The zero-order valence-electron chi connectivity index (χ0n) is 24.9. The van der Waals surface area contributed by atoms with Crippen LogP contribution in [0.2, 0.25) is 0 Å². The van der Waals surface area contributed by atoms with Gasteiger partial charge in [-0.05, 0) is 98.3 Å². The Morgan fingerprint density at radius 1 is 1.00 bits per heavy atom. The summed E-state index contributed by atoms with van der Waals surface area (Å²) < 4.78 is 6.00. The Bertz CT molecular complexity index is 1260. The molecule has 1 fully saturated rings. The van der Waals surface area contributed by atoms with Gasteiger partial charge in [-0.3, -0.25) is 19.3 Å². The lowest BCUT2D eigenvalue weighted by molar-refractivity contribution is -0.145. The summed E-state index contributed by atoms with van der Waals surface area (Å²) in [6.45, 7) is 10.9. The quantitative estimate of drug-likeness (QED) is 0.284. The highest BCUT2D eigenvalue weighted by Crippen LogP contribution is 2.40. The fourth-order valence-electron chi connectivity index (χ4n) is 5.93. The summed E-state index contributed by atoms with van der Waals surface area (Å²) in [5.41, 5.74) is 7.09. The third-order valence-corrected chi connectivity index (χ3v) is 8.57. The second-order valence-corrected chi connectivity index (χ2v) is 12.0. The van der Waals surface area contributed by atoms with Gasteiger partial charge in [0.15, 0.2) is 0 Å². The lowest BCUT2D eigenvalue weighted by atomic mass is 9.89. The number of carbonyl (C=O) groups is 3. The molecule has 0 saturated carbocycles. The largest absolute Gasteiger partial charge is 0.481 e. The van der Waals surface area contributed by atoms with Crippen molar-refractivity contribution in [1.29, 1.82) is 0 Å². The minimum Gasteiger partial charge on any atom is -0.481 e. The van der Waals surface area contributed by atoms with Crippen LogP contribution < -0.4 is 0 Å². The van der Waals surface area contributed by atoms with Crippen LogP contribution in [-0.4, -0.2) is 40.8 Å². The predicted octanol–water partition coefficient (Wildman–Crippen LogP) is 6.63. The minimum atomic E-state index is -0.972. The van der Waals surface area contributed by atoms with Gasteiger partial charge in [-0.2, -0.15) is 13.5 Å². The number of aliphatic carboxylic acids is 1. The second-order valence-electron chi connectivity index (χ2n) is 12.0. The molecule has 4 rings (SSSR count). The molecule has 2 aliphatic rings. The molecule has 2 aromatic carbocycles. The van der Waals surface area contributed by atoms with E-state index in [-0.39, 0.29) is 44.5 Å². The molecule has 2 aromatic rings. The molecule has 1 heterocycles. The monoisotopic (exact) mass is 579 g/mol. The van der Waals surface area contributed by atoms with Gasteiger partial charge in [0.25, 0.3) is 0 Å². The zero-order chi connectivity index (χ0) is 28.8. The third kappa shape index (κ3) is 8.79. The average molecular weight is 580 g/mol. The number of piperidine rings is 1.